The van der Waals surface area contributed by atoms with Crippen molar-refractivity contribution in [3.05, 3.63) is 12.4 Å². The Morgan fingerprint density at radius 3 is 2.40 bits per heavy atom. The third kappa shape index (κ3) is 3.63. The first-order valence-corrected chi connectivity index (χ1v) is 1.28. The number of hydrogen-bond acceptors (Lipinski definition) is 0. The van der Waals surface area contributed by atoms with Gasteiger partial charge in [0.1, 0.15) is 0 Å². The van der Waals surface area contributed by atoms with Crippen LogP contribution < -0.4 is 5.73 Å². The summed E-state index contributed by atoms with van der Waals surface area (Å²) in [6.07, 6.45) is 1.32. The average Bonchev–Trinajstić information content (AvgIpc) is 1.41. The second-order valence-electron chi connectivity index (χ2n) is 0.544. The first-order chi connectivity index (χ1) is 2.41. The quantitative estimate of drug-likeness (QED) is 0.432. The SMILES string of the molecule is [N]CC=CF. The first-order valence-electron chi connectivity index (χ1n) is 1.28. The molecule has 0 saturated heterocycles. The van der Waals surface area contributed by atoms with Gasteiger partial charge in [-0.1, -0.05) is 0 Å². The Morgan fingerprint density at radius 1 is 1.80 bits per heavy atom. The molecule has 0 rings (SSSR count). The van der Waals surface area contributed by atoms with E-state index in [0.29, 0.717) is 6.33 Å². The van der Waals surface area contributed by atoms with Gasteiger partial charge in [0.2, 0.25) is 0 Å². The largest absolute Gasteiger partial charge is 0.216 e. The van der Waals surface area contributed by atoms with E-state index in [1.54, 1.807) is 0 Å². The van der Waals surface area contributed by atoms with E-state index < -0.39 is 0 Å². The lowest BCUT2D eigenvalue weighted by atomic mass is 10.7. The van der Waals surface area contributed by atoms with Crippen molar-refractivity contribution in [2.75, 3.05) is 6.54 Å². The van der Waals surface area contributed by atoms with Crippen LogP contribution in [0.15, 0.2) is 12.4 Å². The van der Waals surface area contributed by atoms with Gasteiger partial charge in [-0.25, -0.2) is 4.39 Å². The second-order valence-corrected chi connectivity index (χ2v) is 0.544. The monoisotopic (exact) mass is 73.0 g/mol. The summed E-state index contributed by atoms with van der Waals surface area (Å²) >= 11 is 0. The lowest BCUT2D eigenvalue weighted by Gasteiger charge is -1.60. The Labute approximate surface area is 30.3 Å². The molecule has 0 N–H and O–H groups in total. The van der Waals surface area contributed by atoms with E-state index in [-0.39, 0.29) is 6.54 Å². The van der Waals surface area contributed by atoms with Crippen LogP contribution in [-0.2, 0) is 0 Å². The van der Waals surface area contributed by atoms with Gasteiger partial charge in [-0.15, -0.1) is 5.73 Å². The van der Waals surface area contributed by atoms with E-state index in [1.165, 1.54) is 0 Å². The van der Waals surface area contributed by atoms with Crippen molar-refractivity contribution in [2.45, 2.75) is 0 Å². The van der Waals surface area contributed by atoms with Crippen LogP contribution in [0.25, 0.3) is 0 Å². The standard InChI is InChI=1S/C3H4FN/c4-2-1-3-5/h1-2H,3H2. The van der Waals surface area contributed by atoms with Crippen LogP contribution in [0.4, 0.5) is 4.39 Å². The van der Waals surface area contributed by atoms with Gasteiger partial charge in [-0.05, 0) is 6.08 Å². The molecule has 0 bridgehead atoms. The second kappa shape index (κ2) is 3.63. The maximum Gasteiger partial charge on any atom is 0.0841 e. The average molecular weight is 73.1 g/mol. The third-order valence-corrected chi connectivity index (χ3v) is 0.194. The highest BCUT2D eigenvalue weighted by Gasteiger charge is 1.57. The molecule has 2 radical (unpaired) electrons. The zero-order valence-corrected chi connectivity index (χ0v) is 2.69. The number of nitrogens with zero attached hydrogens (tertiary/aromatic N) is 1. The fourth-order valence-corrected chi connectivity index (χ4v) is 0.0398. The predicted molar refractivity (Wildman–Crippen MR) is 17.2 cm³/mol. The molecular formula is C3H4FN. The Balaban J connectivity index is 2.62. The topological polar surface area (TPSA) is 22.3 Å². The van der Waals surface area contributed by atoms with Crippen molar-refractivity contribution in [1.29, 1.82) is 0 Å². The van der Waals surface area contributed by atoms with E-state index >= 15 is 0 Å². The van der Waals surface area contributed by atoms with Crippen molar-refractivity contribution in [1.82, 2.24) is 5.73 Å². The van der Waals surface area contributed by atoms with E-state index in [9.17, 15) is 4.39 Å². The molecule has 0 atom stereocenters. The molecule has 0 aliphatic heterocycles. The molecule has 0 spiro atoms. The van der Waals surface area contributed by atoms with Crippen LogP contribution >= 0.6 is 0 Å². The molecule has 0 aromatic carbocycles. The normalized spacial score (nSPS) is 10.0. The van der Waals surface area contributed by atoms with Crippen LogP contribution in [0.1, 0.15) is 0 Å². The van der Waals surface area contributed by atoms with Gasteiger partial charge < -0.3 is 0 Å². The smallest absolute Gasteiger partial charge is 0.0841 e. The Morgan fingerprint density at radius 2 is 2.40 bits per heavy atom. The van der Waals surface area contributed by atoms with Crippen molar-refractivity contribution in [2.24, 2.45) is 0 Å². The number of rotatable bonds is 1. The highest BCUT2D eigenvalue weighted by atomic mass is 19.1. The highest BCUT2D eigenvalue weighted by molar-refractivity contribution is 4.70. The summed E-state index contributed by atoms with van der Waals surface area (Å²) in [6, 6.07) is 0. The van der Waals surface area contributed by atoms with Crippen LogP contribution in [0, 0.1) is 0 Å². The van der Waals surface area contributed by atoms with Crippen molar-refractivity contribution in [3.8, 4) is 0 Å². The molecule has 0 aromatic rings. The van der Waals surface area contributed by atoms with Gasteiger partial charge in [-0.3, -0.25) is 0 Å². The van der Waals surface area contributed by atoms with Gasteiger partial charge >= 0.3 is 0 Å². The summed E-state index contributed by atoms with van der Waals surface area (Å²) in [6.45, 7) is -0.212. The molecule has 2 heteroatoms. The number of hydrogen-bond donors (Lipinski definition) is 0. The zero-order chi connectivity index (χ0) is 4.12. The molecule has 0 heterocycles. The fourth-order valence-electron chi connectivity index (χ4n) is 0.0398. The fraction of sp³-hybridized carbons (Fsp3) is 0.333. The Kier molecular flexibility index (Phi) is 3.36. The summed E-state index contributed by atoms with van der Waals surface area (Å²) in [4.78, 5) is 0. The summed E-state index contributed by atoms with van der Waals surface area (Å²) in [7, 11) is 0. The van der Waals surface area contributed by atoms with E-state index in [0.717, 1.165) is 6.08 Å². The molecule has 0 amide bonds. The molecule has 0 saturated carbocycles. The molecule has 0 unspecified atom stereocenters. The minimum absolute atomic E-state index is 0.212. The molecule has 1 nitrogen and oxygen atoms in total. The summed E-state index contributed by atoms with van der Waals surface area (Å²) in [5.74, 6) is 0. The Bertz CT molecular complexity index is 33.9. The zero-order valence-electron chi connectivity index (χ0n) is 2.69. The third-order valence-electron chi connectivity index (χ3n) is 0.194. The maximum atomic E-state index is 10.7. The van der Waals surface area contributed by atoms with Gasteiger partial charge in [0, 0.05) is 0 Å². The van der Waals surface area contributed by atoms with E-state index in [1.807, 2.05) is 0 Å². The van der Waals surface area contributed by atoms with Crippen molar-refractivity contribution in [3.63, 3.8) is 0 Å². The molecule has 0 fully saturated rings. The van der Waals surface area contributed by atoms with Crippen LogP contribution in [-0.4, -0.2) is 6.54 Å². The minimum Gasteiger partial charge on any atom is -0.216 e. The molecule has 28 valence electrons. The molecule has 0 aromatic heterocycles. The van der Waals surface area contributed by atoms with Crippen LogP contribution in [0.5, 0.6) is 0 Å². The van der Waals surface area contributed by atoms with Crippen molar-refractivity contribution >= 4 is 0 Å². The molecule has 0 aliphatic carbocycles. The first kappa shape index (κ1) is 4.63. The van der Waals surface area contributed by atoms with Crippen LogP contribution in [0.2, 0.25) is 0 Å². The minimum atomic E-state index is -0.212. The summed E-state index contributed by atoms with van der Waals surface area (Å²) < 4.78 is 10.7. The van der Waals surface area contributed by atoms with Crippen LogP contribution in [0.3, 0.4) is 0 Å². The molecule has 0 aliphatic rings. The van der Waals surface area contributed by atoms with Crippen molar-refractivity contribution < 1.29 is 4.39 Å². The highest BCUT2D eigenvalue weighted by Crippen LogP contribution is 1.64. The van der Waals surface area contributed by atoms with E-state index in [2.05, 4.69) is 0 Å². The lowest BCUT2D eigenvalue weighted by molar-refractivity contribution is 0.716. The molecular weight excluding hydrogens is 69.0 g/mol. The summed E-state index contributed by atoms with van der Waals surface area (Å²) in [5.41, 5.74) is 7.74. The lowest BCUT2D eigenvalue weighted by Crippen LogP contribution is -1.70. The maximum absolute atomic E-state index is 10.7. The van der Waals surface area contributed by atoms with Gasteiger partial charge in [0.15, 0.2) is 0 Å². The van der Waals surface area contributed by atoms with Gasteiger partial charge in [-0.2, -0.15) is 0 Å². The van der Waals surface area contributed by atoms with Gasteiger partial charge in [0.25, 0.3) is 0 Å². The number of halogens is 1. The summed E-state index contributed by atoms with van der Waals surface area (Å²) in [5, 5.41) is 0. The Hall–Kier alpha value is -0.370. The van der Waals surface area contributed by atoms with Gasteiger partial charge in [0.05, 0.1) is 12.9 Å². The molecule has 5 heavy (non-hydrogen) atoms. The predicted octanol–water partition coefficient (Wildman–Crippen LogP) is 0.538. The van der Waals surface area contributed by atoms with E-state index in [4.69, 9.17) is 5.73 Å².